The van der Waals surface area contributed by atoms with E-state index in [0.717, 1.165) is 77.0 Å². The molecule has 69 heavy (non-hydrogen) atoms. The van der Waals surface area contributed by atoms with Crippen LogP contribution >= 0.6 is 23.5 Å². The van der Waals surface area contributed by atoms with Gasteiger partial charge in [0, 0.05) is 12.8 Å². The van der Waals surface area contributed by atoms with Crippen LogP contribution in [0.5, 0.6) is 0 Å². The molecule has 0 aromatic rings. The van der Waals surface area contributed by atoms with Crippen LogP contribution in [0.1, 0.15) is 194 Å². The lowest BCUT2D eigenvalue weighted by Crippen LogP contribution is -2.65. The summed E-state index contributed by atoms with van der Waals surface area (Å²) in [4.78, 5) is 73.3. The van der Waals surface area contributed by atoms with Gasteiger partial charge < -0.3 is 49.3 Å². The number of hydrogen-bond donors (Lipinski definition) is 8. The summed E-state index contributed by atoms with van der Waals surface area (Å²) in [5.41, 5.74) is 0. The van der Waals surface area contributed by atoms with Crippen molar-refractivity contribution in [2.75, 3.05) is 13.2 Å². The van der Waals surface area contributed by atoms with Crippen molar-refractivity contribution in [3.05, 3.63) is 36.5 Å². The van der Waals surface area contributed by atoms with Gasteiger partial charge in [-0.15, -0.1) is 0 Å². The minimum Gasteiger partial charge on any atom is -0.462 e. The van der Waals surface area contributed by atoms with E-state index in [0.29, 0.717) is 12.8 Å². The lowest BCUT2D eigenvalue weighted by molar-refractivity contribution is -0.213. The van der Waals surface area contributed by atoms with Crippen LogP contribution < -0.4 is 0 Å². The second kappa shape index (κ2) is 38.9. The fraction of sp³-hybridized carbons (Fsp3) is 0.830. The molecule has 1 fully saturated rings. The van der Waals surface area contributed by atoms with Gasteiger partial charge in [0.1, 0.15) is 43.2 Å². The Balaban J connectivity index is 2.71. The number of ether oxygens (including phenoxy) is 2. The highest BCUT2D eigenvalue weighted by Gasteiger charge is 2.56. The van der Waals surface area contributed by atoms with E-state index < -0.39 is 91.3 Å². The van der Waals surface area contributed by atoms with Crippen LogP contribution in [0, 0.1) is 0 Å². The molecule has 1 aliphatic rings. The molecular formula is C47H87O19P3. The summed E-state index contributed by atoms with van der Waals surface area (Å²) in [6.45, 7) is 2.92. The van der Waals surface area contributed by atoms with Crippen molar-refractivity contribution in [1.29, 1.82) is 0 Å². The molecule has 1 rings (SSSR count). The van der Waals surface area contributed by atoms with Crippen LogP contribution in [0.4, 0.5) is 0 Å². The number of carbonyl (C=O) groups is 2. The highest BCUT2D eigenvalue weighted by atomic mass is 31.2. The first-order valence-corrected chi connectivity index (χ1v) is 29.8. The highest BCUT2D eigenvalue weighted by Crippen LogP contribution is 2.51. The number of rotatable bonds is 43. The molecule has 5 unspecified atom stereocenters. The highest BCUT2D eigenvalue weighted by molar-refractivity contribution is 7.47. The topological polar surface area (TPSA) is 303 Å². The van der Waals surface area contributed by atoms with Crippen molar-refractivity contribution in [2.24, 2.45) is 0 Å². The van der Waals surface area contributed by atoms with Crippen molar-refractivity contribution < 1.29 is 90.6 Å². The normalized spacial score (nSPS) is 21.6. The molecule has 1 saturated carbocycles. The summed E-state index contributed by atoms with van der Waals surface area (Å²) < 4.78 is 65.6. The van der Waals surface area contributed by atoms with E-state index in [9.17, 15) is 63.1 Å². The maximum atomic E-state index is 13.1. The largest absolute Gasteiger partial charge is 0.472 e. The standard InChI is InChI=1S/C47H87O19P3/c1-3-5-7-9-11-13-15-17-19-20-22-23-25-27-29-31-33-35-40(48)61-37-39(63-41(49)36-34-32-30-28-26-24-21-18-16-14-12-10-8-6-4-2)38-62-69(59,60)66-45-42(50)43(51)46(64-67(53,54)55)47(44(45)52)65-68(56,57)58/h11,13,17,19,22-23,39,42-47,50-52H,3-10,12,14-16,18,20-21,24-38H2,1-2H3,(H,59,60)(H2,53,54,55)(H2,56,57,58)/t39-,42?,43?,44?,45+,46?,47+/m1/s1. The van der Waals surface area contributed by atoms with E-state index in [2.05, 4.69) is 59.4 Å². The number of carbonyl (C=O) groups excluding carboxylic acids is 2. The summed E-state index contributed by atoms with van der Waals surface area (Å²) in [5, 5.41) is 31.9. The van der Waals surface area contributed by atoms with E-state index in [1.165, 1.54) is 77.0 Å². The number of phosphoric ester groups is 3. The average molecular weight is 1050 g/mol. The van der Waals surface area contributed by atoms with E-state index in [-0.39, 0.29) is 12.8 Å². The van der Waals surface area contributed by atoms with Gasteiger partial charge in [0.15, 0.2) is 6.10 Å². The molecule has 8 atom stereocenters. The van der Waals surface area contributed by atoms with Crippen molar-refractivity contribution in [1.82, 2.24) is 0 Å². The van der Waals surface area contributed by atoms with Gasteiger partial charge in [-0.05, 0) is 51.4 Å². The lowest BCUT2D eigenvalue weighted by atomic mass is 9.85. The SMILES string of the molecule is CCCCCC=CCC=CCC=CCCCCCCC(=O)OC[C@H](COP(=O)(O)O[C@H]1C(O)C(O)C(OP(=O)(O)O)[C@@H](OP(=O)(O)O)C1O)OC(=O)CCCCCCCCCCCCCCCCC. The first kappa shape index (κ1) is 65.4. The van der Waals surface area contributed by atoms with Crippen LogP contribution in [0.3, 0.4) is 0 Å². The fourth-order valence-electron chi connectivity index (χ4n) is 7.65. The number of aliphatic hydroxyl groups is 3. The fourth-order valence-corrected chi connectivity index (χ4v) is 9.75. The average Bonchev–Trinajstić information content (AvgIpc) is 3.28. The maximum absolute atomic E-state index is 13.1. The van der Waals surface area contributed by atoms with Gasteiger partial charge in [-0.3, -0.25) is 27.7 Å². The quantitative estimate of drug-likeness (QED) is 0.0122. The predicted molar refractivity (Wildman–Crippen MR) is 261 cm³/mol. The monoisotopic (exact) mass is 1050 g/mol. The molecule has 0 saturated heterocycles. The Morgan fingerprint density at radius 2 is 0.841 bits per heavy atom. The van der Waals surface area contributed by atoms with Gasteiger partial charge in [0.2, 0.25) is 0 Å². The third-order valence-electron chi connectivity index (χ3n) is 11.4. The van der Waals surface area contributed by atoms with Crippen molar-refractivity contribution in [2.45, 2.75) is 236 Å². The molecule has 22 heteroatoms. The molecule has 404 valence electrons. The molecule has 0 radical (unpaired) electrons. The zero-order valence-electron chi connectivity index (χ0n) is 41.1. The predicted octanol–water partition coefficient (Wildman–Crippen LogP) is 9.63. The molecule has 0 heterocycles. The number of phosphoric acid groups is 3. The molecule has 0 spiro atoms. The summed E-state index contributed by atoms with van der Waals surface area (Å²) >= 11 is 0. The summed E-state index contributed by atoms with van der Waals surface area (Å²) in [7, 11) is -16.6. The zero-order chi connectivity index (χ0) is 51.4. The Hall–Kier alpha value is -1.63. The number of esters is 2. The second-order valence-corrected chi connectivity index (χ2v) is 21.5. The summed E-state index contributed by atoms with van der Waals surface area (Å²) in [6.07, 6.45) is 24.3. The minimum absolute atomic E-state index is 0.00408. The van der Waals surface area contributed by atoms with Gasteiger partial charge >= 0.3 is 35.4 Å². The van der Waals surface area contributed by atoms with Crippen molar-refractivity contribution >= 4 is 35.4 Å². The van der Waals surface area contributed by atoms with Gasteiger partial charge in [-0.2, -0.15) is 0 Å². The molecular weight excluding hydrogens is 961 g/mol. The number of aliphatic hydroxyl groups excluding tert-OH is 3. The van der Waals surface area contributed by atoms with Crippen molar-refractivity contribution in [3.8, 4) is 0 Å². The molecule has 19 nitrogen and oxygen atoms in total. The van der Waals surface area contributed by atoms with Gasteiger partial charge in [0.05, 0.1) is 6.61 Å². The van der Waals surface area contributed by atoms with Crippen molar-refractivity contribution in [3.63, 3.8) is 0 Å². The Bertz CT molecular complexity index is 1580. The van der Waals surface area contributed by atoms with E-state index in [1.54, 1.807) is 0 Å². The first-order chi connectivity index (χ1) is 32.8. The summed E-state index contributed by atoms with van der Waals surface area (Å²) in [5.74, 6) is -1.32. The third kappa shape index (κ3) is 35.2. The molecule has 8 N–H and O–H groups in total. The second-order valence-electron chi connectivity index (χ2n) is 17.8. The van der Waals surface area contributed by atoms with E-state index >= 15 is 0 Å². The zero-order valence-corrected chi connectivity index (χ0v) is 43.8. The number of allylic oxidation sites excluding steroid dienone is 6. The van der Waals surface area contributed by atoms with Crippen LogP contribution in [0.25, 0.3) is 0 Å². The summed E-state index contributed by atoms with van der Waals surface area (Å²) in [6, 6.07) is 0. The first-order valence-electron chi connectivity index (χ1n) is 25.3. The number of hydrogen-bond acceptors (Lipinski definition) is 14. The third-order valence-corrected chi connectivity index (χ3v) is 13.5. The Morgan fingerprint density at radius 3 is 1.32 bits per heavy atom. The Labute approximate surface area is 410 Å². The van der Waals surface area contributed by atoms with Gasteiger partial charge in [-0.1, -0.05) is 166 Å². The van der Waals surface area contributed by atoms with Gasteiger partial charge in [-0.25, -0.2) is 13.7 Å². The van der Waals surface area contributed by atoms with Crippen LogP contribution in [0.15, 0.2) is 36.5 Å². The lowest BCUT2D eigenvalue weighted by Gasteiger charge is -2.44. The molecule has 0 amide bonds. The molecule has 0 aromatic carbocycles. The van der Waals surface area contributed by atoms with E-state index in [1.807, 2.05) is 0 Å². The Morgan fingerprint density at radius 1 is 0.464 bits per heavy atom. The number of unbranched alkanes of at least 4 members (excludes halogenated alkanes) is 21. The Kier molecular flexibility index (Phi) is 36.9. The van der Waals surface area contributed by atoms with Crippen LogP contribution in [-0.4, -0.2) is 108 Å². The molecule has 0 bridgehead atoms. The molecule has 0 aromatic heterocycles. The smallest absolute Gasteiger partial charge is 0.462 e. The van der Waals surface area contributed by atoms with E-state index in [4.69, 9.17) is 18.5 Å². The molecule has 1 aliphatic carbocycles. The molecule has 0 aliphatic heterocycles. The van der Waals surface area contributed by atoms with Crippen LogP contribution in [0.2, 0.25) is 0 Å². The van der Waals surface area contributed by atoms with Crippen LogP contribution in [-0.2, 0) is 50.9 Å². The maximum Gasteiger partial charge on any atom is 0.472 e. The minimum atomic E-state index is -5.60. The van der Waals surface area contributed by atoms with Gasteiger partial charge in [0.25, 0.3) is 0 Å².